The topological polar surface area (TPSA) is 59.8 Å². The van der Waals surface area contributed by atoms with Gasteiger partial charge < -0.3 is 11.5 Å². The maximum Gasteiger partial charge on any atom is 0.169 e. The molecule has 0 fully saturated rings. The van der Waals surface area contributed by atoms with Crippen LogP contribution in [0.1, 0.15) is 62.5 Å². The molecule has 2 aromatic rings. The summed E-state index contributed by atoms with van der Waals surface area (Å²) in [4.78, 5) is 0. The Balaban J connectivity index is 1.41. The molecule has 0 saturated heterocycles. The van der Waals surface area contributed by atoms with Gasteiger partial charge in [-0.1, -0.05) is 25.7 Å². The van der Waals surface area contributed by atoms with Gasteiger partial charge in [-0.3, -0.25) is 0 Å². The fourth-order valence-corrected chi connectivity index (χ4v) is 3.20. The van der Waals surface area contributed by atoms with Crippen LogP contribution in [0.25, 0.3) is 0 Å². The van der Waals surface area contributed by atoms with Crippen molar-refractivity contribution in [3.05, 3.63) is 60.2 Å². The predicted octanol–water partition coefficient (Wildman–Crippen LogP) is 3.00. The highest BCUT2D eigenvalue weighted by atomic mass is 14.9. The molecule has 0 radical (unpaired) electrons. The average molecular weight is 357 g/mol. The maximum atomic E-state index is 5.62. The molecule has 142 valence electrons. The number of nitrogens with two attached hydrogens (primary N) is 2. The number of nitrogens with zero attached hydrogens (tertiary/aromatic N) is 2. The molecule has 0 aromatic carbocycles. The number of unbranched alkanes of at least 4 members (excludes halogenated alkanes) is 7. The van der Waals surface area contributed by atoms with Crippen molar-refractivity contribution in [2.75, 3.05) is 0 Å². The zero-order valence-corrected chi connectivity index (χ0v) is 16.2. The number of hydrogen-bond donors (Lipinski definition) is 2. The van der Waals surface area contributed by atoms with Gasteiger partial charge >= 0.3 is 0 Å². The van der Waals surface area contributed by atoms with Crippen molar-refractivity contribution in [2.45, 2.75) is 77.5 Å². The van der Waals surface area contributed by atoms with Gasteiger partial charge in [-0.2, -0.15) is 0 Å². The van der Waals surface area contributed by atoms with Crippen LogP contribution in [0, 0.1) is 0 Å². The number of rotatable bonds is 13. The van der Waals surface area contributed by atoms with Crippen molar-refractivity contribution in [3.63, 3.8) is 0 Å². The second-order valence-corrected chi connectivity index (χ2v) is 7.13. The van der Waals surface area contributed by atoms with E-state index in [0.717, 1.165) is 13.1 Å². The lowest BCUT2D eigenvalue weighted by atomic mass is 10.1. The monoisotopic (exact) mass is 356 g/mol. The lowest BCUT2D eigenvalue weighted by Gasteiger charge is -2.02. The first kappa shape index (κ1) is 20.5. The standard InChI is InChI=1S/C22H36N4/c23-19-21-9-15-25(16-10-21)13-7-5-3-1-2-4-6-8-14-26-17-11-22(20-24)12-18-26/h9-12,15-18H,1-8,13-14,19-20,23-24H2/q+2. The van der Waals surface area contributed by atoms with E-state index in [9.17, 15) is 0 Å². The Labute approximate surface area is 158 Å². The van der Waals surface area contributed by atoms with Crippen LogP contribution < -0.4 is 20.6 Å². The van der Waals surface area contributed by atoms with Crippen molar-refractivity contribution in [2.24, 2.45) is 11.5 Å². The van der Waals surface area contributed by atoms with E-state index in [-0.39, 0.29) is 0 Å². The van der Waals surface area contributed by atoms with Crippen LogP contribution in [0.5, 0.6) is 0 Å². The van der Waals surface area contributed by atoms with Crippen LogP contribution in [-0.2, 0) is 26.2 Å². The summed E-state index contributed by atoms with van der Waals surface area (Å²) >= 11 is 0. The Morgan fingerprint density at radius 3 is 1.12 bits per heavy atom. The molecule has 2 rings (SSSR count). The highest BCUT2D eigenvalue weighted by Gasteiger charge is 2.02. The fraction of sp³-hybridized carbons (Fsp3) is 0.545. The third-order valence-corrected chi connectivity index (χ3v) is 4.97. The summed E-state index contributed by atoms with van der Waals surface area (Å²) in [6, 6.07) is 8.46. The van der Waals surface area contributed by atoms with Gasteiger partial charge in [-0.05, 0) is 24.0 Å². The maximum absolute atomic E-state index is 5.62. The summed E-state index contributed by atoms with van der Waals surface area (Å²) in [6.45, 7) is 3.48. The summed E-state index contributed by atoms with van der Waals surface area (Å²) in [7, 11) is 0. The Hall–Kier alpha value is -1.78. The van der Waals surface area contributed by atoms with Gasteiger partial charge in [0.2, 0.25) is 0 Å². The first-order chi connectivity index (χ1) is 12.8. The molecule has 0 amide bonds. The molecular formula is C22H36N4+2. The van der Waals surface area contributed by atoms with Gasteiger partial charge in [-0.15, -0.1) is 0 Å². The van der Waals surface area contributed by atoms with E-state index in [1.165, 1.54) is 62.5 Å². The molecule has 2 aromatic heterocycles. The van der Waals surface area contributed by atoms with E-state index < -0.39 is 0 Å². The zero-order chi connectivity index (χ0) is 18.5. The van der Waals surface area contributed by atoms with E-state index in [0.29, 0.717) is 13.1 Å². The summed E-state index contributed by atoms with van der Waals surface area (Å²) < 4.78 is 4.52. The van der Waals surface area contributed by atoms with E-state index in [1.54, 1.807) is 0 Å². The molecule has 0 atom stereocenters. The van der Waals surface area contributed by atoms with Crippen molar-refractivity contribution >= 4 is 0 Å². The van der Waals surface area contributed by atoms with Crippen molar-refractivity contribution < 1.29 is 9.13 Å². The van der Waals surface area contributed by atoms with Crippen LogP contribution in [-0.4, -0.2) is 0 Å². The van der Waals surface area contributed by atoms with E-state index in [4.69, 9.17) is 11.5 Å². The van der Waals surface area contributed by atoms with Crippen molar-refractivity contribution in [3.8, 4) is 0 Å². The normalized spacial score (nSPS) is 11.0. The molecule has 4 heteroatoms. The Morgan fingerprint density at radius 1 is 0.500 bits per heavy atom. The van der Waals surface area contributed by atoms with Gasteiger partial charge in [-0.25, -0.2) is 9.13 Å². The molecule has 0 spiro atoms. The first-order valence-corrected chi connectivity index (χ1v) is 10.2. The molecule has 0 unspecified atom stereocenters. The van der Waals surface area contributed by atoms with E-state index >= 15 is 0 Å². The molecule has 0 aliphatic carbocycles. The van der Waals surface area contributed by atoms with Gasteiger partial charge in [0, 0.05) is 50.2 Å². The van der Waals surface area contributed by atoms with Gasteiger partial charge in [0.1, 0.15) is 13.1 Å². The SMILES string of the molecule is NCc1cc[n+](CCCCCCCCCC[n+]2ccc(CN)cc2)cc1. The second-order valence-electron chi connectivity index (χ2n) is 7.13. The minimum Gasteiger partial charge on any atom is -0.326 e. The molecule has 4 N–H and O–H groups in total. The lowest BCUT2D eigenvalue weighted by Crippen LogP contribution is -2.32. The molecule has 0 aliphatic heterocycles. The van der Waals surface area contributed by atoms with Crippen molar-refractivity contribution in [1.82, 2.24) is 0 Å². The second kappa shape index (κ2) is 12.6. The third-order valence-electron chi connectivity index (χ3n) is 4.97. The van der Waals surface area contributed by atoms with E-state index in [2.05, 4.69) is 58.2 Å². The minimum atomic E-state index is 0.625. The minimum absolute atomic E-state index is 0.625. The van der Waals surface area contributed by atoms with Crippen LogP contribution in [0.2, 0.25) is 0 Å². The molecule has 0 bridgehead atoms. The van der Waals surface area contributed by atoms with Crippen LogP contribution in [0.3, 0.4) is 0 Å². The molecule has 2 heterocycles. The van der Waals surface area contributed by atoms with Crippen LogP contribution in [0.4, 0.5) is 0 Å². The highest BCUT2D eigenvalue weighted by Crippen LogP contribution is 2.08. The van der Waals surface area contributed by atoms with Crippen LogP contribution >= 0.6 is 0 Å². The number of hydrogen-bond acceptors (Lipinski definition) is 2. The lowest BCUT2D eigenvalue weighted by molar-refractivity contribution is -0.697. The summed E-state index contributed by atoms with van der Waals surface area (Å²) in [5.74, 6) is 0. The molecular weight excluding hydrogens is 320 g/mol. The fourth-order valence-electron chi connectivity index (χ4n) is 3.20. The highest BCUT2D eigenvalue weighted by molar-refractivity contribution is 5.06. The average Bonchev–Trinajstić information content (AvgIpc) is 2.70. The smallest absolute Gasteiger partial charge is 0.169 e. The third kappa shape index (κ3) is 8.07. The van der Waals surface area contributed by atoms with E-state index in [1.807, 2.05) is 0 Å². The molecule has 0 saturated carbocycles. The Morgan fingerprint density at radius 2 is 0.808 bits per heavy atom. The number of aromatic nitrogens is 2. The largest absolute Gasteiger partial charge is 0.326 e. The van der Waals surface area contributed by atoms with Gasteiger partial charge in [0.05, 0.1) is 0 Å². The zero-order valence-electron chi connectivity index (χ0n) is 16.2. The summed E-state index contributed by atoms with van der Waals surface area (Å²) in [6.07, 6.45) is 19.2. The quantitative estimate of drug-likeness (QED) is 0.428. The van der Waals surface area contributed by atoms with Gasteiger partial charge in [0.15, 0.2) is 24.8 Å². The van der Waals surface area contributed by atoms with Crippen molar-refractivity contribution in [1.29, 1.82) is 0 Å². The Kier molecular flexibility index (Phi) is 9.91. The predicted molar refractivity (Wildman–Crippen MR) is 106 cm³/mol. The number of aryl methyl sites for hydroxylation is 2. The molecule has 4 nitrogen and oxygen atoms in total. The summed E-state index contributed by atoms with van der Waals surface area (Å²) in [5.41, 5.74) is 13.7. The molecule has 26 heavy (non-hydrogen) atoms. The Bertz CT molecular complexity index is 537. The first-order valence-electron chi connectivity index (χ1n) is 10.2. The number of pyridine rings is 2. The molecule has 0 aliphatic rings. The van der Waals surface area contributed by atoms with Gasteiger partial charge in [0.25, 0.3) is 0 Å². The summed E-state index contributed by atoms with van der Waals surface area (Å²) in [5, 5.41) is 0. The van der Waals surface area contributed by atoms with Crippen LogP contribution in [0.15, 0.2) is 49.1 Å².